The third-order valence-corrected chi connectivity index (χ3v) is 2.74. The number of halogens is 2. The molecule has 0 aliphatic rings. The summed E-state index contributed by atoms with van der Waals surface area (Å²) in [5.41, 5.74) is 0.476. The lowest BCUT2D eigenvalue weighted by atomic mass is 9.87. The summed E-state index contributed by atoms with van der Waals surface area (Å²) in [6.45, 7) is 6.06. The predicted molar refractivity (Wildman–Crippen MR) is 66.0 cm³/mol. The number of nitrogens with zero attached hydrogens (tertiary/aromatic N) is 2. The third kappa shape index (κ3) is 3.47. The van der Waals surface area contributed by atoms with Gasteiger partial charge in [0.15, 0.2) is 10.3 Å². The Morgan fingerprint density at radius 2 is 2.00 bits per heavy atom. The molecule has 4 nitrogen and oxygen atoms in total. The number of aromatic nitrogens is 2. The van der Waals surface area contributed by atoms with Crippen LogP contribution in [0.25, 0.3) is 0 Å². The van der Waals surface area contributed by atoms with Crippen LogP contribution in [0.4, 0.5) is 5.69 Å². The predicted octanol–water partition coefficient (Wildman–Crippen LogP) is 2.60. The van der Waals surface area contributed by atoms with Crippen LogP contribution in [0.2, 0.25) is 10.3 Å². The van der Waals surface area contributed by atoms with E-state index in [1.54, 1.807) is 6.07 Å². The second-order valence-corrected chi connectivity index (χ2v) is 5.36. The van der Waals surface area contributed by atoms with Crippen LogP contribution >= 0.6 is 23.2 Å². The van der Waals surface area contributed by atoms with Gasteiger partial charge in [-0.15, -0.1) is 10.2 Å². The van der Waals surface area contributed by atoms with Crippen LogP contribution in [0.5, 0.6) is 0 Å². The standard InChI is InChI=1S/C10H15Cl2N3O/c1-10(2,3)7(5-16)13-6-4-8(11)14-15-9(6)12/h4,7,16H,5H2,1-3H3,(H,13,14). The van der Waals surface area contributed by atoms with Crippen LogP contribution in [-0.2, 0) is 0 Å². The smallest absolute Gasteiger partial charge is 0.174 e. The van der Waals surface area contributed by atoms with E-state index in [-0.39, 0.29) is 28.4 Å². The van der Waals surface area contributed by atoms with E-state index in [9.17, 15) is 5.11 Å². The van der Waals surface area contributed by atoms with Gasteiger partial charge in [0.2, 0.25) is 0 Å². The van der Waals surface area contributed by atoms with Crippen LogP contribution in [-0.4, -0.2) is 28.0 Å². The Hall–Kier alpha value is -0.580. The molecule has 6 heteroatoms. The van der Waals surface area contributed by atoms with Crippen molar-refractivity contribution in [1.82, 2.24) is 10.2 Å². The molecule has 2 N–H and O–H groups in total. The fraction of sp³-hybridized carbons (Fsp3) is 0.600. The van der Waals surface area contributed by atoms with Crippen molar-refractivity contribution in [3.63, 3.8) is 0 Å². The van der Waals surface area contributed by atoms with Gasteiger partial charge in [-0.3, -0.25) is 0 Å². The molecule has 1 heterocycles. The van der Waals surface area contributed by atoms with E-state index >= 15 is 0 Å². The monoisotopic (exact) mass is 263 g/mol. The van der Waals surface area contributed by atoms with Crippen molar-refractivity contribution >= 4 is 28.9 Å². The van der Waals surface area contributed by atoms with Crippen LogP contribution in [0.15, 0.2) is 6.07 Å². The van der Waals surface area contributed by atoms with E-state index in [0.29, 0.717) is 5.69 Å². The molecule has 0 radical (unpaired) electrons. The van der Waals surface area contributed by atoms with E-state index in [2.05, 4.69) is 15.5 Å². The van der Waals surface area contributed by atoms with Crippen LogP contribution in [0.3, 0.4) is 0 Å². The Labute approximate surface area is 105 Å². The minimum absolute atomic E-state index is 0.000227. The number of nitrogens with one attached hydrogen (secondary N) is 1. The maximum atomic E-state index is 9.31. The van der Waals surface area contributed by atoms with Crippen molar-refractivity contribution in [3.05, 3.63) is 16.4 Å². The van der Waals surface area contributed by atoms with E-state index in [1.807, 2.05) is 20.8 Å². The van der Waals surface area contributed by atoms with Crippen LogP contribution in [0.1, 0.15) is 20.8 Å². The Balaban J connectivity index is 2.90. The SMILES string of the molecule is CC(C)(C)C(CO)Nc1cc(Cl)nnc1Cl. The summed E-state index contributed by atoms with van der Waals surface area (Å²) >= 11 is 11.6. The van der Waals surface area contributed by atoms with Gasteiger partial charge in [-0.2, -0.15) is 0 Å². The molecule has 1 rings (SSSR count). The van der Waals surface area contributed by atoms with Gasteiger partial charge in [0, 0.05) is 6.07 Å². The Morgan fingerprint density at radius 3 is 2.50 bits per heavy atom. The molecule has 1 aromatic heterocycles. The first-order chi connectivity index (χ1) is 7.34. The molecule has 0 aromatic carbocycles. The molecule has 0 aliphatic carbocycles. The van der Waals surface area contributed by atoms with Gasteiger partial charge >= 0.3 is 0 Å². The molecule has 0 bridgehead atoms. The van der Waals surface area contributed by atoms with Crippen molar-refractivity contribution in [2.45, 2.75) is 26.8 Å². The van der Waals surface area contributed by atoms with E-state index < -0.39 is 0 Å². The highest BCUT2D eigenvalue weighted by molar-refractivity contribution is 6.33. The van der Waals surface area contributed by atoms with Crippen molar-refractivity contribution in [2.75, 3.05) is 11.9 Å². The maximum Gasteiger partial charge on any atom is 0.174 e. The largest absolute Gasteiger partial charge is 0.394 e. The minimum Gasteiger partial charge on any atom is -0.394 e. The van der Waals surface area contributed by atoms with Crippen molar-refractivity contribution in [1.29, 1.82) is 0 Å². The molecule has 1 aromatic rings. The summed E-state index contributed by atoms with van der Waals surface area (Å²) in [7, 11) is 0. The van der Waals surface area contributed by atoms with Gasteiger partial charge in [-0.25, -0.2) is 0 Å². The van der Waals surface area contributed by atoms with E-state index in [1.165, 1.54) is 0 Å². The lowest BCUT2D eigenvalue weighted by Crippen LogP contribution is -2.37. The zero-order valence-electron chi connectivity index (χ0n) is 9.46. The number of hydrogen-bond acceptors (Lipinski definition) is 4. The molecule has 16 heavy (non-hydrogen) atoms. The van der Waals surface area contributed by atoms with Gasteiger partial charge < -0.3 is 10.4 Å². The molecule has 0 amide bonds. The third-order valence-electron chi connectivity index (χ3n) is 2.28. The Kier molecular flexibility index (Phi) is 4.35. The number of anilines is 1. The van der Waals surface area contributed by atoms with Gasteiger partial charge in [-0.05, 0) is 5.41 Å². The molecule has 0 spiro atoms. The average Bonchev–Trinajstić information content (AvgIpc) is 2.17. The number of aliphatic hydroxyl groups excluding tert-OH is 1. The fourth-order valence-corrected chi connectivity index (χ4v) is 1.47. The first-order valence-electron chi connectivity index (χ1n) is 4.90. The number of hydrogen-bond donors (Lipinski definition) is 2. The van der Waals surface area contributed by atoms with E-state index in [0.717, 1.165) is 0 Å². The summed E-state index contributed by atoms with van der Waals surface area (Å²) in [5, 5.41) is 20.2. The zero-order chi connectivity index (χ0) is 12.3. The molecule has 0 aliphatic heterocycles. The topological polar surface area (TPSA) is 58.0 Å². The molecule has 90 valence electrons. The highest BCUT2D eigenvalue weighted by Crippen LogP contribution is 2.27. The molecule has 1 unspecified atom stereocenters. The average molecular weight is 264 g/mol. The van der Waals surface area contributed by atoms with Crippen molar-refractivity contribution < 1.29 is 5.11 Å². The van der Waals surface area contributed by atoms with Gasteiger partial charge in [0.1, 0.15) is 0 Å². The molecular formula is C10H15Cl2N3O. The summed E-state index contributed by atoms with van der Waals surface area (Å²) in [6, 6.07) is 1.45. The maximum absolute atomic E-state index is 9.31. The molecule has 0 saturated heterocycles. The van der Waals surface area contributed by atoms with Crippen molar-refractivity contribution in [3.8, 4) is 0 Å². The summed E-state index contributed by atoms with van der Waals surface area (Å²) < 4.78 is 0. The fourth-order valence-electron chi connectivity index (χ4n) is 1.18. The normalized spacial score (nSPS) is 13.6. The zero-order valence-corrected chi connectivity index (χ0v) is 11.0. The summed E-state index contributed by atoms with van der Waals surface area (Å²) in [4.78, 5) is 0. The van der Waals surface area contributed by atoms with Crippen LogP contribution < -0.4 is 5.32 Å². The highest BCUT2D eigenvalue weighted by atomic mass is 35.5. The second-order valence-electron chi connectivity index (χ2n) is 4.62. The number of aliphatic hydroxyl groups is 1. The van der Waals surface area contributed by atoms with Gasteiger partial charge in [-0.1, -0.05) is 44.0 Å². The summed E-state index contributed by atoms with van der Waals surface area (Å²) in [5.74, 6) is 0. The molecule has 0 saturated carbocycles. The van der Waals surface area contributed by atoms with Crippen LogP contribution in [0, 0.1) is 5.41 Å². The number of rotatable bonds is 3. The van der Waals surface area contributed by atoms with Crippen molar-refractivity contribution in [2.24, 2.45) is 5.41 Å². The lowest BCUT2D eigenvalue weighted by molar-refractivity contribution is 0.202. The van der Waals surface area contributed by atoms with Gasteiger partial charge in [0.25, 0.3) is 0 Å². The molecule has 1 atom stereocenters. The minimum atomic E-state index is -0.134. The molecular weight excluding hydrogens is 249 g/mol. The molecule has 0 fully saturated rings. The quantitative estimate of drug-likeness (QED) is 0.881. The Morgan fingerprint density at radius 1 is 1.38 bits per heavy atom. The Bertz CT molecular complexity index is 366. The second kappa shape index (κ2) is 5.17. The summed E-state index contributed by atoms with van der Waals surface area (Å²) in [6.07, 6.45) is 0. The first kappa shape index (κ1) is 13.5. The van der Waals surface area contributed by atoms with Gasteiger partial charge in [0.05, 0.1) is 18.3 Å². The first-order valence-corrected chi connectivity index (χ1v) is 5.66. The highest BCUT2D eigenvalue weighted by Gasteiger charge is 2.24. The van der Waals surface area contributed by atoms with E-state index in [4.69, 9.17) is 23.2 Å². The lowest BCUT2D eigenvalue weighted by Gasteiger charge is -2.30.